The van der Waals surface area contributed by atoms with Crippen LogP contribution in [0.1, 0.15) is 27.2 Å². The number of nitrogens with one attached hydrogen (secondary N) is 2. The first-order chi connectivity index (χ1) is 18.9. The van der Waals surface area contributed by atoms with Gasteiger partial charge in [0.1, 0.15) is 22.3 Å². The Bertz CT molecular complexity index is 1180. The minimum atomic E-state index is -4.26. The maximum absolute atomic E-state index is 13.9. The monoisotopic (exact) mass is 646 g/mol. The Labute approximate surface area is 239 Å². The minimum Gasteiger partial charge on any atom is -0.468 e. The molecule has 1 aromatic carbocycles. The maximum atomic E-state index is 13.9. The summed E-state index contributed by atoms with van der Waals surface area (Å²) in [6.45, 7) is 4.57. The summed E-state index contributed by atoms with van der Waals surface area (Å²) in [5.41, 5.74) is 9.15. The second kappa shape index (κ2) is 13.3. The number of halogens is 1. The fourth-order valence-corrected chi connectivity index (χ4v) is 6.43. The smallest absolute Gasteiger partial charge is 0.459 e. The van der Waals surface area contributed by atoms with Gasteiger partial charge in [-0.1, -0.05) is 53.1 Å². The van der Waals surface area contributed by atoms with Crippen molar-refractivity contribution in [1.29, 1.82) is 0 Å². The topological polar surface area (TPSA) is 190 Å². The number of ether oxygens (including phenoxy) is 3. The van der Waals surface area contributed by atoms with Crippen LogP contribution in [0.5, 0.6) is 5.75 Å². The number of carbonyl (C=O) groups is 3. The molecule has 3 rings (SSSR count). The van der Waals surface area contributed by atoms with E-state index < -0.39 is 67.2 Å². The third-order valence-corrected chi connectivity index (χ3v) is 8.64. The van der Waals surface area contributed by atoms with Crippen molar-refractivity contribution < 1.29 is 42.2 Å². The highest BCUT2D eigenvalue weighted by atomic mass is 79.9. The molecule has 2 aliphatic rings. The Morgan fingerprint density at radius 1 is 1.35 bits per heavy atom. The first kappa shape index (κ1) is 31.8. The standard InChI is InChI=1S/C23H32BrN6O9P/c1-13(2)18(19(31)35-4)28-40(34,39-14-9-7-6-8-10-14)37-12-16-15(27-29-25)11-17(38-16)30-21(36-5)23(3,24)20(32)26-22(30)33/h6-10,13,15-18,21H,11-12H2,1-5H3,(H,28,34)(H,26,32,33)/t15-,16+,17+,18-,21?,23?,40?/m0/s1. The van der Waals surface area contributed by atoms with Gasteiger partial charge in [0, 0.05) is 18.4 Å². The summed E-state index contributed by atoms with van der Waals surface area (Å²) in [4.78, 5) is 41.6. The molecule has 0 aromatic heterocycles. The number of esters is 1. The lowest BCUT2D eigenvalue weighted by Gasteiger charge is -2.44. The molecule has 3 amide bonds. The van der Waals surface area contributed by atoms with Gasteiger partial charge in [-0.25, -0.2) is 9.36 Å². The molecule has 2 saturated heterocycles. The molecule has 2 aliphatic heterocycles. The van der Waals surface area contributed by atoms with E-state index in [1.54, 1.807) is 44.2 Å². The number of imide groups is 1. The van der Waals surface area contributed by atoms with Crippen LogP contribution in [0.4, 0.5) is 4.79 Å². The Morgan fingerprint density at radius 2 is 2.02 bits per heavy atom. The van der Waals surface area contributed by atoms with Crippen molar-refractivity contribution in [2.45, 2.75) is 62.2 Å². The van der Waals surface area contributed by atoms with Crippen LogP contribution in [0.3, 0.4) is 0 Å². The lowest BCUT2D eigenvalue weighted by atomic mass is 10.0. The molecule has 7 atom stereocenters. The Kier molecular flexibility index (Phi) is 10.6. The van der Waals surface area contributed by atoms with Crippen LogP contribution < -0.4 is 14.9 Å². The summed E-state index contributed by atoms with van der Waals surface area (Å²) in [5.74, 6) is -1.41. The first-order valence-corrected chi connectivity index (χ1v) is 14.6. The predicted octanol–water partition coefficient (Wildman–Crippen LogP) is 3.45. The van der Waals surface area contributed by atoms with Gasteiger partial charge in [-0.2, -0.15) is 5.09 Å². The van der Waals surface area contributed by atoms with E-state index in [-0.39, 0.29) is 18.1 Å². The molecule has 2 fully saturated rings. The molecule has 2 N–H and O–H groups in total. The van der Waals surface area contributed by atoms with Crippen molar-refractivity contribution in [3.63, 3.8) is 0 Å². The van der Waals surface area contributed by atoms with Gasteiger partial charge in [-0.15, -0.1) is 0 Å². The van der Waals surface area contributed by atoms with Crippen LogP contribution >= 0.6 is 23.7 Å². The van der Waals surface area contributed by atoms with E-state index in [4.69, 9.17) is 28.8 Å². The molecule has 3 unspecified atom stereocenters. The van der Waals surface area contributed by atoms with Crippen molar-refractivity contribution in [1.82, 2.24) is 15.3 Å². The van der Waals surface area contributed by atoms with E-state index in [2.05, 4.69) is 36.4 Å². The number of azide groups is 1. The Balaban J connectivity index is 1.85. The molecule has 0 bridgehead atoms. The zero-order valence-electron chi connectivity index (χ0n) is 22.6. The van der Waals surface area contributed by atoms with E-state index in [1.165, 1.54) is 26.0 Å². The lowest BCUT2D eigenvalue weighted by Crippen LogP contribution is -2.69. The van der Waals surface area contributed by atoms with Crippen molar-refractivity contribution in [2.24, 2.45) is 11.0 Å². The summed E-state index contributed by atoms with van der Waals surface area (Å²) < 4.78 is 40.4. The van der Waals surface area contributed by atoms with Gasteiger partial charge in [0.15, 0.2) is 6.23 Å². The van der Waals surface area contributed by atoms with Crippen molar-refractivity contribution >= 4 is 41.6 Å². The van der Waals surface area contributed by atoms with Crippen LogP contribution in [0.25, 0.3) is 10.4 Å². The third-order valence-electron chi connectivity index (χ3n) is 6.35. The second-order valence-electron chi connectivity index (χ2n) is 9.54. The van der Waals surface area contributed by atoms with E-state index in [0.717, 1.165) is 0 Å². The number of rotatable bonds is 12. The molecule has 0 spiro atoms. The Morgan fingerprint density at radius 3 is 2.60 bits per heavy atom. The van der Waals surface area contributed by atoms with Gasteiger partial charge in [-0.05, 0) is 30.5 Å². The number of nitrogens with zero attached hydrogens (tertiary/aromatic N) is 4. The molecule has 2 heterocycles. The molecule has 0 saturated carbocycles. The number of carbonyl (C=O) groups excluding carboxylic acids is 3. The molecule has 220 valence electrons. The molecule has 40 heavy (non-hydrogen) atoms. The number of urea groups is 1. The van der Waals surface area contributed by atoms with E-state index in [1.807, 2.05) is 0 Å². The highest BCUT2D eigenvalue weighted by Crippen LogP contribution is 2.46. The van der Waals surface area contributed by atoms with Gasteiger partial charge in [0.25, 0.3) is 0 Å². The van der Waals surface area contributed by atoms with E-state index >= 15 is 0 Å². The molecule has 0 radical (unpaired) electrons. The van der Waals surface area contributed by atoms with Gasteiger partial charge in [0.05, 0.1) is 25.9 Å². The zero-order chi connectivity index (χ0) is 29.7. The van der Waals surface area contributed by atoms with Gasteiger partial charge in [0.2, 0.25) is 5.91 Å². The van der Waals surface area contributed by atoms with Gasteiger partial charge >= 0.3 is 19.7 Å². The molecular formula is C23H32BrN6O9P. The van der Waals surface area contributed by atoms with Crippen LogP contribution in [0.15, 0.2) is 35.4 Å². The number of amides is 3. The fraction of sp³-hybridized carbons (Fsp3) is 0.609. The number of para-hydroxylation sites is 1. The molecule has 1 aromatic rings. The fourth-order valence-electron chi connectivity index (χ4n) is 4.26. The number of alkyl halides is 1. The highest BCUT2D eigenvalue weighted by Gasteiger charge is 2.54. The molecular weight excluding hydrogens is 615 g/mol. The minimum absolute atomic E-state index is 0.0245. The van der Waals surface area contributed by atoms with Crippen LogP contribution in [-0.2, 0) is 32.9 Å². The average Bonchev–Trinajstić information content (AvgIpc) is 3.30. The lowest BCUT2D eigenvalue weighted by molar-refractivity contribution is -0.152. The SMILES string of the molecule is COC(=O)[C@@H](NP(=O)(OC[C@H]1O[C@@H](N2C(=O)NC(=O)C(C)(Br)C2OC)C[C@@H]1N=[N+]=[N-])Oc1ccccc1)C(C)C. The average molecular weight is 647 g/mol. The molecule has 17 heteroatoms. The second-order valence-corrected chi connectivity index (χ2v) is 12.9. The molecule has 0 aliphatic carbocycles. The van der Waals surface area contributed by atoms with E-state index in [9.17, 15) is 18.9 Å². The highest BCUT2D eigenvalue weighted by molar-refractivity contribution is 9.10. The summed E-state index contributed by atoms with van der Waals surface area (Å²) in [5, 5.41) is 8.66. The molecule has 15 nitrogen and oxygen atoms in total. The van der Waals surface area contributed by atoms with Gasteiger partial charge < -0.3 is 18.7 Å². The maximum Gasteiger partial charge on any atom is 0.459 e. The number of methoxy groups -OCH3 is 2. The van der Waals surface area contributed by atoms with Crippen molar-refractivity contribution in [3.05, 3.63) is 40.8 Å². The van der Waals surface area contributed by atoms with Crippen molar-refractivity contribution in [3.8, 4) is 5.75 Å². The zero-order valence-corrected chi connectivity index (χ0v) is 25.0. The number of hydrogen-bond acceptors (Lipinski definition) is 10. The van der Waals surface area contributed by atoms with Crippen LogP contribution in [-0.4, -0.2) is 78.6 Å². The number of hydrogen-bond donors (Lipinski definition) is 2. The largest absolute Gasteiger partial charge is 0.468 e. The summed E-state index contributed by atoms with van der Waals surface area (Å²) in [7, 11) is -1.73. The van der Waals surface area contributed by atoms with Crippen LogP contribution in [0.2, 0.25) is 0 Å². The van der Waals surface area contributed by atoms with Crippen LogP contribution in [0, 0.1) is 5.92 Å². The summed E-state index contributed by atoms with van der Waals surface area (Å²) in [6, 6.07) is 5.53. The summed E-state index contributed by atoms with van der Waals surface area (Å²) >= 11 is 3.31. The van der Waals surface area contributed by atoms with E-state index in [0.29, 0.717) is 0 Å². The summed E-state index contributed by atoms with van der Waals surface area (Å²) in [6.07, 6.45) is -3.03. The van der Waals surface area contributed by atoms with Crippen molar-refractivity contribution in [2.75, 3.05) is 20.8 Å². The van der Waals surface area contributed by atoms with Gasteiger partial charge in [-0.3, -0.25) is 24.3 Å². The third kappa shape index (κ3) is 7.13. The normalized spacial score (nSPS) is 28.8. The predicted molar refractivity (Wildman–Crippen MR) is 144 cm³/mol. The Hall–Kier alpha value is -2.71. The first-order valence-electron chi connectivity index (χ1n) is 12.3. The quantitative estimate of drug-likeness (QED) is 0.0849. The number of benzene rings is 1.